The van der Waals surface area contributed by atoms with Crippen LogP contribution in [0.2, 0.25) is 0 Å². The number of hydrogen-bond donors (Lipinski definition) is 2. The Kier molecular flexibility index (Phi) is 4.47. The number of rotatable bonds is 3. The van der Waals surface area contributed by atoms with E-state index in [1.807, 2.05) is 11.8 Å². The van der Waals surface area contributed by atoms with Gasteiger partial charge in [-0.25, -0.2) is 4.98 Å². The van der Waals surface area contributed by atoms with Crippen LogP contribution in [0.4, 0.5) is 5.82 Å². The number of nitrogens with one attached hydrogen (secondary N) is 1. The molecule has 1 aliphatic rings. The molecule has 1 heterocycles. The highest BCUT2D eigenvalue weighted by atomic mass is 32.2. The molecule has 1 fully saturated rings. The maximum Gasteiger partial charge on any atom is 0.270 e. The second-order valence-corrected chi connectivity index (χ2v) is 5.78. The molecule has 0 spiro atoms. The lowest BCUT2D eigenvalue weighted by Crippen LogP contribution is -2.39. The molecule has 3 N–H and O–H groups in total. The van der Waals surface area contributed by atoms with Crippen LogP contribution in [0.1, 0.15) is 36.2 Å². The second kappa shape index (κ2) is 6.09. The van der Waals surface area contributed by atoms with Crippen LogP contribution in [0.25, 0.3) is 0 Å². The minimum absolute atomic E-state index is 0.117. The van der Waals surface area contributed by atoms with Crippen molar-refractivity contribution < 1.29 is 4.79 Å². The lowest BCUT2D eigenvalue weighted by Gasteiger charge is -2.28. The molecule has 98 valence electrons. The fourth-order valence-electron chi connectivity index (χ4n) is 2.33. The first-order valence-electron chi connectivity index (χ1n) is 6.25. The highest BCUT2D eigenvalue weighted by Gasteiger charge is 2.23. The third kappa shape index (κ3) is 3.38. The fraction of sp³-hybridized carbons (Fsp3) is 0.538. The topological polar surface area (TPSA) is 68.0 Å². The van der Waals surface area contributed by atoms with E-state index in [1.165, 1.54) is 12.8 Å². The average Bonchev–Trinajstić information content (AvgIpc) is 2.39. The Morgan fingerprint density at radius 3 is 3.06 bits per heavy atom. The lowest BCUT2D eigenvalue weighted by atomic mass is 9.95. The molecule has 1 aliphatic carbocycles. The monoisotopic (exact) mass is 265 g/mol. The van der Waals surface area contributed by atoms with Gasteiger partial charge < -0.3 is 11.1 Å². The number of nitrogens with zero attached hydrogens (tertiary/aromatic N) is 1. The van der Waals surface area contributed by atoms with Crippen molar-refractivity contribution in [1.29, 1.82) is 0 Å². The number of nitrogens with two attached hydrogens (primary N) is 1. The number of anilines is 1. The van der Waals surface area contributed by atoms with Crippen molar-refractivity contribution in [3.63, 3.8) is 0 Å². The summed E-state index contributed by atoms with van der Waals surface area (Å²) >= 11 is 1.89. The van der Waals surface area contributed by atoms with Crippen LogP contribution in [-0.2, 0) is 0 Å². The van der Waals surface area contributed by atoms with E-state index in [4.69, 9.17) is 5.73 Å². The minimum Gasteiger partial charge on any atom is -0.384 e. The Morgan fingerprint density at radius 2 is 2.33 bits per heavy atom. The molecular formula is C13H19N3OS. The summed E-state index contributed by atoms with van der Waals surface area (Å²) in [6.45, 7) is 0. The Balaban J connectivity index is 1.95. The summed E-state index contributed by atoms with van der Waals surface area (Å²) < 4.78 is 0. The number of carbonyl (C=O) groups excluding carboxylic acids is 1. The summed E-state index contributed by atoms with van der Waals surface area (Å²) in [6.07, 6.45) is 6.68. The summed E-state index contributed by atoms with van der Waals surface area (Å²) in [6, 6.07) is 5.40. The van der Waals surface area contributed by atoms with Crippen molar-refractivity contribution >= 4 is 23.5 Å². The first-order valence-corrected chi connectivity index (χ1v) is 7.54. The van der Waals surface area contributed by atoms with Gasteiger partial charge in [0, 0.05) is 11.3 Å². The molecule has 1 saturated carbocycles. The predicted molar refractivity (Wildman–Crippen MR) is 75.7 cm³/mol. The molecule has 0 aromatic carbocycles. The third-order valence-electron chi connectivity index (χ3n) is 3.30. The normalized spacial score (nSPS) is 23.6. The molecule has 0 radical (unpaired) electrons. The van der Waals surface area contributed by atoms with E-state index in [1.54, 1.807) is 18.2 Å². The van der Waals surface area contributed by atoms with Crippen LogP contribution in [0.5, 0.6) is 0 Å². The van der Waals surface area contributed by atoms with Gasteiger partial charge in [-0.05, 0) is 37.7 Å². The number of thioether (sulfide) groups is 1. The molecule has 1 amide bonds. The van der Waals surface area contributed by atoms with Crippen molar-refractivity contribution in [3.8, 4) is 0 Å². The SMILES string of the molecule is CSC1CCCC(NC(=O)c2cccc(N)n2)C1. The van der Waals surface area contributed by atoms with Gasteiger partial charge in [0.1, 0.15) is 11.5 Å². The number of nitrogen functional groups attached to an aromatic ring is 1. The maximum absolute atomic E-state index is 12.0. The number of hydrogen-bond acceptors (Lipinski definition) is 4. The quantitative estimate of drug-likeness (QED) is 0.878. The largest absolute Gasteiger partial charge is 0.384 e. The first kappa shape index (κ1) is 13.2. The van der Waals surface area contributed by atoms with Gasteiger partial charge in [0.25, 0.3) is 5.91 Å². The van der Waals surface area contributed by atoms with Crippen molar-refractivity contribution in [2.24, 2.45) is 0 Å². The van der Waals surface area contributed by atoms with E-state index in [9.17, 15) is 4.79 Å². The molecule has 0 bridgehead atoms. The Labute approximate surface area is 112 Å². The summed E-state index contributed by atoms with van der Waals surface area (Å²) in [5.74, 6) is 0.266. The summed E-state index contributed by atoms with van der Waals surface area (Å²) in [5.41, 5.74) is 5.98. The van der Waals surface area contributed by atoms with E-state index in [0.29, 0.717) is 16.8 Å². The summed E-state index contributed by atoms with van der Waals surface area (Å²) in [5, 5.41) is 3.72. The van der Waals surface area contributed by atoms with Gasteiger partial charge >= 0.3 is 0 Å². The zero-order valence-corrected chi connectivity index (χ0v) is 11.4. The maximum atomic E-state index is 12.0. The molecule has 2 rings (SSSR count). The van der Waals surface area contributed by atoms with Crippen molar-refractivity contribution in [3.05, 3.63) is 23.9 Å². The molecule has 2 unspecified atom stereocenters. The Bertz CT molecular complexity index is 424. The Hall–Kier alpha value is -1.23. The number of pyridine rings is 1. The van der Waals surface area contributed by atoms with Crippen molar-refractivity contribution in [1.82, 2.24) is 10.3 Å². The number of carbonyl (C=O) groups is 1. The molecule has 18 heavy (non-hydrogen) atoms. The summed E-state index contributed by atoms with van der Waals surface area (Å²) in [4.78, 5) is 16.1. The third-order valence-corrected chi connectivity index (χ3v) is 4.39. The van der Waals surface area contributed by atoms with E-state index < -0.39 is 0 Å². The van der Waals surface area contributed by atoms with Gasteiger partial charge in [0.2, 0.25) is 0 Å². The van der Waals surface area contributed by atoms with Crippen LogP contribution in [0, 0.1) is 0 Å². The predicted octanol–water partition coefficient (Wildman–Crippen LogP) is 2.07. The molecule has 1 aromatic rings. The van der Waals surface area contributed by atoms with E-state index >= 15 is 0 Å². The van der Waals surface area contributed by atoms with Crippen LogP contribution < -0.4 is 11.1 Å². The Morgan fingerprint density at radius 1 is 1.50 bits per heavy atom. The van der Waals surface area contributed by atoms with Gasteiger partial charge in [-0.2, -0.15) is 11.8 Å². The van der Waals surface area contributed by atoms with E-state index in [0.717, 1.165) is 12.8 Å². The molecule has 1 aromatic heterocycles. The van der Waals surface area contributed by atoms with Crippen molar-refractivity contribution in [2.45, 2.75) is 37.0 Å². The van der Waals surface area contributed by atoms with Crippen LogP contribution in [-0.4, -0.2) is 28.4 Å². The van der Waals surface area contributed by atoms with Crippen LogP contribution in [0.3, 0.4) is 0 Å². The number of aromatic nitrogens is 1. The molecule has 5 heteroatoms. The second-order valence-electron chi connectivity index (χ2n) is 4.64. The number of amides is 1. The van der Waals surface area contributed by atoms with E-state index in [-0.39, 0.29) is 11.9 Å². The lowest BCUT2D eigenvalue weighted by molar-refractivity contribution is 0.0923. The molecule has 0 saturated heterocycles. The fourth-order valence-corrected chi connectivity index (χ4v) is 3.15. The molecule has 0 aliphatic heterocycles. The zero-order valence-electron chi connectivity index (χ0n) is 10.6. The highest BCUT2D eigenvalue weighted by molar-refractivity contribution is 7.99. The summed E-state index contributed by atoms with van der Waals surface area (Å²) in [7, 11) is 0. The van der Waals surface area contributed by atoms with Crippen molar-refractivity contribution in [2.75, 3.05) is 12.0 Å². The molecule has 4 nitrogen and oxygen atoms in total. The highest BCUT2D eigenvalue weighted by Crippen LogP contribution is 2.26. The van der Waals surface area contributed by atoms with Gasteiger partial charge in [-0.3, -0.25) is 4.79 Å². The smallest absolute Gasteiger partial charge is 0.270 e. The van der Waals surface area contributed by atoms with Gasteiger partial charge in [0.05, 0.1) is 0 Å². The van der Waals surface area contributed by atoms with Gasteiger partial charge in [0.15, 0.2) is 0 Å². The van der Waals surface area contributed by atoms with E-state index in [2.05, 4.69) is 16.6 Å². The zero-order chi connectivity index (χ0) is 13.0. The molecular weight excluding hydrogens is 246 g/mol. The minimum atomic E-state index is -0.117. The van der Waals surface area contributed by atoms with Crippen LogP contribution >= 0.6 is 11.8 Å². The first-order chi connectivity index (χ1) is 8.69. The van der Waals surface area contributed by atoms with Gasteiger partial charge in [-0.15, -0.1) is 0 Å². The average molecular weight is 265 g/mol. The standard InChI is InChI=1S/C13H19N3OS/c1-18-10-5-2-4-9(8-10)15-13(17)11-6-3-7-12(14)16-11/h3,6-7,9-10H,2,4-5,8H2,1H3,(H2,14,16)(H,15,17). The van der Waals surface area contributed by atoms with Crippen LogP contribution in [0.15, 0.2) is 18.2 Å². The van der Waals surface area contributed by atoms with Gasteiger partial charge in [-0.1, -0.05) is 12.5 Å². The molecule has 2 atom stereocenters.